The van der Waals surface area contributed by atoms with Crippen molar-refractivity contribution in [2.24, 2.45) is 0 Å². The largest absolute Gasteiger partial charge is 0.464 e. The Bertz CT molecular complexity index is 936. The molecule has 0 atom stereocenters. The number of anilines is 1. The first kappa shape index (κ1) is 22.4. The lowest BCUT2D eigenvalue weighted by Gasteiger charge is -2.19. The highest BCUT2D eigenvalue weighted by Gasteiger charge is 2.59. The van der Waals surface area contributed by atoms with Crippen LogP contribution in [0.5, 0.6) is 0 Å². The van der Waals surface area contributed by atoms with Crippen molar-refractivity contribution >= 4 is 40.8 Å². The second kappa shape index (κ2) is 7.20. The van der Waals surface area contributed by atoms with E-state index in [2.05, 4.69) is 0 Å². The molecule has 1 heterocycles. The molecular weight excluding hydrogens is 465 g/mol. The van der Waals surface area contributed by atoms with Gasteiger partial charge in [-0.15, -0.1) is 0 Å². The molecule has 2 rings (SSSR count). The Hall–Kier alpha value is -1.84. The summed E-state index contributed by atoms with van der Waals surface area (Å²) in [6.45, 7) is 0. The van der Waals surface area contributed by atoms with Gasteiger partial charge in [-0.2, -0.15) is 40.4 Å². The van der Waals surface area contributed by atoms with Gasteiger partial charge in [0, 0.05) is 6.20 Å². The molecule has 0 aliphatic rings. The van der Waals surface area contributed by atoms with Crippen LogP contribution in [0.1, 0.15) is 11.1 Å². The SMILES string of the molecule is N#Cc1cn(-c2c(Cl)cc(C(F)(F)F)cc2Cl)c(N)c1SC(F)(F)C(F)(F)F. The molecule has 1 aromatic carbocycles. The lowest BCUT2D eigenvalue weighted by Crippen LogP contribution is -2.32. The summed E-state index contributed by atoms with van der Waals surface area (Å²) >= 11 is 10.5. The quantitative estimate of drug-likeness (QED) is 0.412. The lowest BCUT2D eigenvalue weighted by atomic mass is 10.2. The molecule has 152 valence electrons. The van der Waals surface area contributed by atoms with Gasteiger partial charge in [0.25, 0.3) is 0 Å². The van der Waals surface area contributed by atoms with Crippen LogP contribution in [0, 0.1) is 11.3 Å². The number of hydrogen-bond acceptors (Lipinski definition) is 3. The minimum absolute atomic E-state index is 0.424. The Morgan fingerprint density at radius 2 is 1.50 bits per heavy atom. The van der Waals surface area contributed by atoms with Crippen LogP contribution < -0.4 is 5.73 Å². The smallest absolute Gasteiger partial charge is 0.384 e. The van der Waals surface area contributed by atoms with Crippen LogP contribution in [0.2, 0.25) is 10.0 Å². The molecule has 0 amide bonds. The van der Waals surface area contributed by atoms with Crippen LogP contribution in [0.15, 0.2) is 23.2 Å². The molecule has 0 unspecified atom stereocenters. The summed E-state index contributed by atoms with van der Waals surface area (Å²) in [5.41, 5.74) is 3.24. The van der Waals surface area contributed by atoms with Gasteiger partial charge in [0.15, 0.2) is 0 Å². The van der Waals surface area contributed by atoms with Gasteiger partial charge >= 0.3 is 17.6 Å². The lowest BCUT2D eigenvalue weighted by molar-refractivity contribution is -0.237. The van der Waals surface area contributed by atoms with Crippen molar-refractivity contribution in [1.29, 1.82) is 5.26 Å². The highest BCUT2D eigenvalue weighted by molar-refractivity contribution is 8.00. The first-order valence-corrected chi connectivity index (χ1v) is 8.28. The Morgan fingerprint density at radius 3 is 1.89 bits per heavy atom. The van der Waals surface area contributed by atoms with E-state index in [1.807, 2.05) is 0 Å². The maximum Gasteiger partial charge on any atom is 0.464 e. The molecule has 0 spiro atoms. The monoisotopic (exact) mass is 469 g/mol. The van der Waals surface area contributed by atoms with Gasteiger partial charge in [-0.25, -0.2) is 0 Å². The van der Waals surface area contributed by atoms with Gasteiger partial charge in [0.2, 0.25) is 0 Å². The van der Waals surface area contributed by atoms with Crippen molar-refractivity contribution in [3.05, 3.63) is 39.5 Å². The molecule has 28 heavy (non-hydrogen) atoms. The molecule has 1 aromatic heterocycles. The predicted octanol–water partition coefficient (Wildman–Crippen LogP) is 6.50. The van der Waals surface area contributed by atoms with Gasteiger partial charge < -0.3 is 5.73 Å². The Labute approximate surface area is 165 Å². The zero-order valence-electron chi connectivity index (χ0n) is 12.9. The average molecular weight is 470 g/mol. The van der Waals surface area contributed by atoms with Gasteiger partial charge in [-0.3, -0.25) is 4.57 Å². The predicted molar refractivity (Wildman–Crippen MR) is 86.8 cm³/mol. The topological polar surface area (TPSA) is 54.7 Å². The first-order chi connectivity index (χ1) is 12.6. The molecule has 0 bridgehead atoms. The summed E-state index contributed by atoms with van der Waals surface area (Å²) in [7, 11) is 0. The molecule has 0 aliphatic carbocycles. The van der Waals surface area contributed by atoms with Crippen molar-refractivity contribution in [3.63, 3.8) is 0 Å². The Kier molecular flexibility index (Phi) is 5.77. The van der Waals surface area contributed by atoms with Gasteiger partial charge in [-0.1, -0.05) is 23.2 Å². The Morgan fingerprint density at radius 1 is 1.00 bits per heavy atom. The number of halogens is 10. The summed E-state index contributed by atoms with van der Waals surface area (Å²) in [6.07, 6.45) is -10.0. The highest BCUT2D eigenvalue weighted by Crippen LogP contribution is 2.51. The van der Waals surface area contributed by atoms with E-state index in [9.17, 15) is 35.1 Å². The number of nitrogens with two attached hydrogens (primary N) is 1. The fourth-order valence-electron chi connectivity index (χ4n) is 2.02. The zero-order valence-corrected chi connectivity index (χ0v) is 15.2. The summed E-state index contributed by atoms with van der Waals surface area (Å²) in [4.78, 5) is -0.933. The second-order valence-electron chi connectivity index (χ2n) is 5.14. The first-order valence-electron chi connectivity index (χ1n) is 6.71. The van der Waals surface area contributed by atoms with E-state index in [0.29, 0.717) is 16.7 Å². The zero-order chi connectivity index (χ0) is 21.7. The summed E-state index contributed by atoms with van der Waals surface area (Å²) in [5.74, 6) is -0.783. The number of thioether (sulfide) groups is 1. The van der Waals surface area contributed by atoms with E-state index >= 15 is 0 Å². The number of nitrogens with zero attached hydrogens (tertiary/aromatic N) is 2. The molecule has 0 aliphatic heterocycles. The van der Waals surface area contributed by atoms with Crippen molar-refractivity contribution < 1.29 is 35.1 Å². The molecule has 2 aromatic rings. The number of rotatable bonds is 3. The molecule has 0 saturated heterocycles. The van der Waals surface area contributed by atoms with Gasteiger partial charge in [-0.05, 0) is 23.9 Å². The summed E-state index contributed by atoms with van der Waals surface area (Å²) in [6, 6.07) is 2.31. The average Bonchev–Trinajstić information content (AvgIpc) is 2.81. The van der Waals surface area contributed by atoms with Crippen molar-refractivity contribution in [3.8, 4) is 11.8 Å². The van der Waals surface area contributed by atoms with Gasteiger partial charge in [0.1, 0.15) is 11.9 Å². The number of benzene rings is 1. The second-order valence-corrected chi connectivity index (χ2v) is 7.08. The van der Waals surface area contributed by atoms with Crippen molar-refractivity contribution in [1.82, 2.24) is 4.57 Å². The van der Waals surface area contributed by atoms with Crippen molar-refractivity contribution in [2.45, 2.75) is 22.5 Å². The Balaban J connectivity index is 2.65. The normalized spacial score (nSPS) is 12.9. The number of nitriles is 1. The van der Waals surface area contributed by atoms with Crippen LogP contribution in [-0.4, -0.2) is 16.0 Å². The van der Waals surface area contributed by atoms with Crippen molar-refractivity contribution in [2.75, 3.05) is 5.73 Å². The van der Waals surface area contributed by atoms with E-state index < -0.39 is 66.9 Å². The van der Waals surface area contributed by atoms with Crippen LogP contribution >= 0.6 is 35.0 Å². The maximum absolute atomic E-state index is 13.4. The number of alkyl halides is 8. The fourth-order valence-corrected chi connectivity index (χ4v) is 3.47. The van der Waals surface area contributed by atoms with E-state index in [4.69, 9.17) is 34.2 Å². The molecular formula is C14H5Cl2F8N3S. The fraction of sp³-hybridized carbons (Fsp3) is 0.214. The van der Waals surface area contributed by atoms with Crippen LogP contribution in [-0.2, 0) is 6.18 Å². The van der Waals surface area contributed by atoms with E-state index in [-0.39, 0.29) is 0 Å². The van der Waals surface area contributed by atoms with E-state index in [1.165, 1.54) is 6.07 Å². The third-order valence-electron chi connectivity index (χ3n) is 3.26. The minimum Gasteiger partial charge on any atom is -0.384 e. The number of aromatic nitrogens is 1. The molecule has 3 nitrogen and oxygen atoms in total. The van der Waals surface area contributed by atoms with Crippen LogP contribution in [0.4, 0.5) is 40.9 Å². The third-order valence-corrected chi connectivity index (χ3v) is 4.96. The molecule has 0 saturated carbocycles. The van der Waals surface area contributed by atoms with E-state index in [0.717, 1.165) is 6.20 Å². The summed E-state index contributed by atoms with van der Waals surface area (Å²) in [5, 5.41) is 2.49. The molecule has 0 radical (unpaired) electrons. The minimum atomic E-state index is -5.94. The summed E-state index contributed by atoms with van der Waals surface area (Å²) < 4.78 is 103. The molecule has 14 heteroatoms. The third kappa shape index (κ3) is 4.11. The van der Waals surface area contributed by atoms with E-state index in [1.54, 1.807) is 0 Å². The number of nitrogen functional groups attached to an aromatic ring is 1. The van der Waals surface area contributed by atoms with Crippen LogP contribution in [0.3, 0.4) is 0 Å². The standard InChI is InChI=1S/C14H5Cl2F8N3S/c15-7-1-6(12(17,18)19)2-8(16)9(7)27-4-5(3-25)10(11(27)26)28-14(23,24)13(20,21)22/h1-2,4H,26H2. The number of hydrogen-bond donors (Lipinski definition) is 1. The highest BCUT2D eigenvalue weighted by atomic mass is 35.5. The molecule has 2 N–H and O–H groups in total. The molecule has 0 fully saturated rings. The van der Waals surface area contributed by atoms with Crippen LogP contribution in [0.25, 0.3) is 5.69 Å². The maximum atomic E-state index is 13.4. The van der Waals surface area contributed by atoms with Gasteiger partial charge in [0.05, 0.1) is 31.8 Å².